The van der Waals surface area contributed by atoms with Gasteiger partial charge in [0.15, 0.2) is 11.5 Å². The molecule has 0 amide bonds. The molecule has 2 aromatic carbocycles. The van der Waals surface area contributed by atoms with Gasteiger partial charge in [-0.05, 0) is 46.6 Å². The standard InChI is InChI=1S/C17H11BrN2O4/c1-9-12-6-14-15(24-8-23-14)7-13(12)19-17(16(9)18)10-2-4-11(5-3-10)20(21)22/h2-7H,8H2,1H3. The number of hydrogen-bond acceptors (Lipinski definition) is 5. The number of non-ortho nitro benzene ring substituents is 1. The number of ether oxygens (including phenoxy) is 2. The number of hydrogen-bond donors (Lipinski definition) is 0. The molecule has 0 N–H and O–H groups in total. The van der Waals surface area contributed by atoms with E-state index in [1.165, 1.54) is 12.1 Å². The van der Waals surface area contributed by atoms with Crippen molar-refractivity contribution in [1.82, 2.24) is 4.98 Å². The van der Waals surface area contributed by atoms with E-state index in [0.717, 1.165) is 32.2 Å². The molecule has 0 spiro atoms. The minimum Gasteiger partial charge on any atom is -0.454 e. The van der Waals surface area contributed by atoms with E-state index in [4.69, 9.17) is 14.5 Å². The maximum absolute atomic E-state index is 10.8. The van der Waals surface area contributed by atoms with Gasteiger partial charge < -0.3 is 9.47 Å². The lowest BCUT2D eigenvalue weighted by Gasteiger charge is -2.11. The van der Waals surface area contributed by atoms with Gasteiger partial charge in [-0.15, -0.1) is 0 Å². The molecular formula is C17H11BrN2O4. The lowest BCUT2D eigenvalue weighted by Crippen LogP contribution is -1.93. The fourth-order valence-corrected chi connectivity index (χ4v) is 3.25. The van der Waals surface area contributed by atoms with Crippen LogP contribution in [0.25, 0.3) is 22.2 Å². The minimum absolute atomic E-state index is 0.0516. The van der Waals surface area contributed by atoms with Crippen molar-refractivity contribution in [3.8, 4) is 22.8 Å². The zero-order valence-corrected chi connectivity index (χ0v) is 14.2. The van der Waals surface area contributed by atoms with E-state index in [-0.39, 0.29) is 12.5 Å². The third-order valence-corrected chi connectivity index (χ3v) is 4.99. The summed E-state index contributed by atoms with van der Waals surface area (Å²) in [4.78, 5) is 15.1. The van der Waals surface area contributed by atoms with Gasteiger partial charge in [0.2, 0.25) is 6.79 Å². The number of nitrogens with zero attached hydrogens (tertiary/aromatic N) is 2. The summed E-state index contributed by atoms with van der Waals surface area (Å²) >= 11 is 3.60. The molecule has 0 aliphatic carbocycles. The predicted octanol–water partition coefficient (Wildman–Crippen LogP) is 4.61. The van der Waals surface area contributed by atoms with Crippen LogP contribution < -0.4 is 9.47 Å². The van der Waals surface area contributed by atoms with Crippen molar-refractivity contribution in [3.05, 3.63) is 56.5 Å². The zero-order valence-electron chi connectivity index (χ0n) is 12.6. The number of nitro groups is 1. The van der Waals surface area contributed by atoms with Gasteiger partial charge in [0.1, 0.15) is 0 Å². The van der Waals surface area contributed by atoms with Crippen LogP contribution >= 0.6 is 15.9 Å². The quantitative estimate of drug-likeness (QED) is 0.474. The van der Waals surface area contributed by atoms with Crippen LogP contribution in [0.1, 0.15) is 5.56 Å². The molecule has 0 radical (unpaired) electrons. The molecule has 1 aliphatic heterocycles. The highest BCUT2D eigenvalue weighted by Crippen LogP contribution is 2.40. The Morgan fingerprint density at radius 2 is 1.83 bits per heavy atom. The minimum atomic E-state index is -0.418. The van der Waals surface area contributed by atoms with Gasteiger partial charge >= 0.3 is 0 Å². The summed E-state index contributed by atoms with van der Waals surface area (Å²) in [6.07, 6.45) is 0. The summed E-state index contributed by atoms with van der Waals surface area (Å²) in [5.41, 5.74) is 3.39. The van der Waals surface area contributed by atoms with Gasteiger partial charge in [0.05, 0.1) is 16.1 Å². The summed E-state index contributed by atoms with van der Waals surface area (Å²) in [5.74, 6) is 1.38. The third kappa shape index (κ3) is 2.28. The van der Waals surface area contributed by atoms with E-state index >= 15 is 0 Å². The molecule has 3 aromatic rings. The second kappa shape index (κ2) is 5.45. The first-order valence-corrected chi connectivity index (χ1v) is 7.98. The summed E-state index contributed by atoms with van der Waals surface area (Å²) < 4.78 is 11.7. The largest absolute Gasteiger partial charge is 0.454 e. The Hall–Kier alpha value is -2.67. The van der Waals surface area contributed by atoms with Crippen molar-refractivity contribution in [1.29, 1.82) is 0 Å². The van der Waals surface area contributed by atoms with Gasteiger partial charge in [0, 0.05) is 33.6 Å². The number of aromatic nitrogens is 1. The van der Waals surface area contributed by atoms with E-state index in [1.807, 2.05) is 19.1 Å². The third-order valence-electron chi connectivity index (χ3n) is 4.02. The van der Waals surface area contributed by atoms with Gasteiger partial charge in [-0.1, -0.05) is 0 Å². The topological polar surface area (TPSA) is 74.5 Å². The lowest BCUT2D eigenvalue weighted by atomic mass is 10.0. The second-order valence-electron chi connectivity index (χ2n) is 5.43. The Labute approximate surface area is 145 Å². The zero-order chi connectivity index (χ0) is 16.8. The number of rotatable bonds is 2. The molecule has 4 rings (SSSR count). The maximum Gasteiger partial charge on any atom is 0.269 e. The molecule has 0 saturated heterocycles. The van der Waals surface area contributed by atoms with E-state index in [9.17, 15) is 10.1 Å². The monoisotopic (exact) mass is 386 g/mol. The van der Waals surface area contributed by atoms with Crippen molar-refractivity contribution in [2.75, 3.05) is 6.79 Å². The average molecular weight is 387 g/mol. The fraction of sp³-hybridized carbons (Fsp3) is 0.118. The second-order valence-corrected chi connectivity index (χ2v) is 6.22. The Kier molecular flexibility index (Phi) is 3.38. The number of fused-ring (bicyclic) bond motifs is 2. The molecule has 0 bridgehead atoms. The van der Waals surface area contributed by atoms with Crippen LogP contribution in [0.2, 0.25) is 0 Å². The molecule has 120 valence electrons. The normalized spacial score (nSPS) is 12.6. The smallest absolute Gasteiger partial charge is 0.269 e. The van der Waals surface area contributed by atoms with E-state index < -0.39 is 4.92 Å². The molecule has 0 fully saturated rings. The summed E-state index contributed by atoms with van der Waals surface area (Å²) in [5, 5.41) is 11.8. The highest BCUT2D eigenvalue weighted by atomic mass is 79.9. The number of benzene rings is 2. The molecular weight excluding hydrogens is 376 g/mol. The first kappa shape index (κ1) is 14.9. The predicted molar refractivity (Wildman–Crippen MR) is 92.4 cm³/mol. The SMILES string of the molecule is Cc1c(Br)c(-c2ccc([N+](=O)[O-])cc2)nc2cc3c(cc12)OCO3. The van der Waals surface area contributed by atoms with Crippen molar-refractivity contribution in [3.63, 3.8) is 0 Å². The van der Waals surface area contributed by atoms with Crippen LogP contribution in [0.4, 0.5) is 5.69 Å². The molecule has 6 nitrogen and oxygen atoms in total. The van der Waals surface area contributed by atoms with Gasteiger partial charge in [-0.2, -0.15) is 0 Å². The summed E-state index contributed by atoms with van der Waals surface area (Å²) in [6.45, 7) is 2.20. The van der Waals surface area contributed by atoms with Crippen molar-refractivity contribution < 1.29 is 14.4 Å². The van der Waals surface area contributed by atoms with Crippen molar-refractivity contribution >= 4 is 32.5 Å². The Morgan fingerprint density at radius 1 is 1.17 bits per heavy atom. The van der Waals surface area contributed by atoms with Crippen LogP contribution in [0.15, 0.2) is 40.9 Å². The Morgan fingerprint density at radius 3 is 2.50 bits per heavy atom. The molecule has 0 unspecified atom stereocenters. The van der Waals surface area contributed by atoms with Crippen LogP contribution in [0.3, 0.4) is 0 Å². The number of nitro benzene ring substituents is 1. The van der Waals surface area contributed by atoms with Gasteiger partial charge in [-0.25, -0.2) is 4.98 Å². The molecule has 2 heterocycles. The Bertz CT molecular complexity index is 986. The molecule has 1 aromatic heterocycles. The molecule has 1 aliphatic rings. The maximum atomic E-state index is 10.8. The Balaban J connectivity index is 1.91. The van der Waals surface area contributed by atoms with Crippen LogP contribution in [-0.2, 0) is 0 Å². The molecule has 0 saturated carbocycles. The highest BCUT2D eigenvalue weighted by molar-refractivity contribution is 9.10. The van der Waals surface area contributed by atoms with E-state index in [0.29, 0.717) is 11.5 Å². The number of pyridine rings is 1. The summed E-state index contributed by atoms with van der Waals surface area (Å²) in [7, 11) is 0. The summed E-state index contributed by atoms with van der Waals surface area (Å²) in [6, 6.07) is 10.1. The molecule has 7 heteroatoms. The van der Waals surface area contributed by atoms with Crippen LogP contribution in [0, 0.1) is 17.0 Å². The van der Waals surface area contributed by atoms with Gasteiger partial charge in [0.25, 0.3) is 5.69 Å². The average Bonchev–Trinajstić information content (AvgIpc) is 3.04. The van der Waals surface area contributed by atoms with E-state index in [1.54, 1.807) is 12.1 Å². The van der Waals surface area contributed by atoms with Crippen LogP contribution in [0.5, 0.6) is 11.5 Å². The van der Waals surface area contributed by atoms with Crippen molar-refractivity contribution in [2.45, 2.75) is 6.92 Å². The van der Waals surface area contributed by atoms with Gasteiger partial charge in [-0.3, -0.25) is 10.1 Å². The molecule has 0 atom stereocenters. The van der Waals surface area contributed by atoms with Crippen LogP contribution in [-0.4, -0.2) is 16.7 Å². The highest BCUT2D eigenvalue weighted by Gasteiger charge is 2.19. The number of halogens is 1. The number of aryl methyl sites for hydroxylation is 1. The first-order valence-electron chi connectivity index (χ1n) is 7.19. The first-order chi connectivity index (χ1) is 11.5. The lowest BCUT2D eigenvalue weighted by molar-refractivity contribution is -0.384. The molecule has 24 heavy (non-hydrogen) atoms. The van der Waals surface area contributed by atoms with E-state index in [2.05, 4.69) is 15.9 Å². The van der Waals surface area contributed by atoms with Crippen molar-refractivity contribution in [2.24, 2.45) is 0 Å². The fourth-order valence-electron chi connectivity index (χ4n) is 2.72.